The number of nitrogens with zero attached hydrogens (tertiary/aromatic N) is 1. The summed E-state index contributed by atoms with van der Waals surface area (Å²) in [5.41, 5.74) is 1.61. The molecular weight excluding hydrogens is 380 g/mol. The largest absolute Gasteiger partial charge is 0.494 e. The average molecular weight is 401 g/mol. The lowest BCUT2D eigenvalue weighted by Gasteiger charge is -2.06. The van der Waals surface area contributed by atoms with Crippen LogP contribution in [0.25, 0.3) is 0 Å². The van der Waals surface area contributed by atoms with Crippen molar-refractivity contribution in [1.29, 1.82) is 0 Å². The molecule has 0 bridgehead atoms. The summed E-state index contributed by atoms with van der Waals surface area (Å²) < 4.78 is 5.62. The highest BCUT2D eigenvalue weighted by Crippen LogP contribution is 2.25. The monoisotopic (exact) mass is 400 g/mol. The Labute approximate surface area is 168 Å². The van der Waals surface area contributed by atoms with E-state index in [9.17, 15) is 4.79 Å². The molecule has 6 heteroatoms. The van der Waals surface area contributed by atoms with E-state index in [2.05, 4.69) is 17.2 Å². The maximum absolute atomic E-state index is 12.4. The molecule has 3 rings (SSSR count). The van der Waals surface area contributed by atoms with Gasteiger partial charge in [-0.1, -0.05) is 43.1 Å². The Bertz CT molecular complexity index is 893. The first kappa shape index (κ1) is 19.4. The van der Waals surface area contributed by atoms with Crippen molar-refractivity contribution < 1.29 is 9.53 Å². The predicted molar refractivity (Wildman–Crippen MR) is 111 cm³/mol. The van der Waals surface area contributed by atoms with Crippen LogP contribution in [0.5, 0.6) is 5.75 Å². The number of benzene rings is 2. The summed E-state index contributed by atoms with van der Waals surface area (Å²) in [5, 5.41) is 4.15. The van der Waals surface area contributed by atoms with Crippen molar-refractivity contribution in [3.63, 3.8) is 0 Å². The van der Waals surface area contributed by atoms with E-state index in [4.69, 9.17) is 16.3 Å². The molecule has 27 heavy (non-hydrogen) atoms. The number of amides is 1. The molecule has 2 aromatic carbocycles. The summed E-state index contributed by atoms with van der Waals surface area (Å²) in [7, 11) is 0. The van der Waals surface area contributed by atoms with Crippen molar-refractivity contribution in [2.24, 2.45) is 0 Å². The zero-order valence-electron chi connectivity index (χ0n) is 15.1. The number of ether oxygens (including phenoxy) is 1. The number of hydrogen-bond donors (Lipinski definition) is 1. The lowest BCUT2D eigenvalue weighted by molar-refractivity contribution is 0.102. The summed E-state index contributed by atoms with van der Waals surface area (Å²) in [5.74, 6) is 0.588. The van der Waals surface area contributed by atoms with Gasteiger partial charge < -0.3 is 4.74 Å². The first-order valence-electron chi connectivity index (χ1n) is 8.88. The molecule has 1 N–H and O–H groups in total. The van der Waals surface area contributed by atoms with E-state index < -0.39 is 0 Å². The molecule has 140 valence electrons. The molecule has 1 aromatic heterocycles. The molecule has 3 aromatic rings. The third-order valence-electron chi connectivity index (χ3n) is 3.98. The summed E-state index contributed by atoms with van der Waals surface area (Å²) in [6.07, 6.45) is 4.57. The van der Waals surface area contributed by atoms with Crippen LogP contribution in [0, 0.1) is 0 Å². The van der Waals surface area contributed by atoms with Gasteiger partial charge in [-0.05, 0) is 42.3 Å². The number of aromatic nitrogens is 1. The van der Waals surface area contributed by atoms with Gasteiger partial charge in [0.15, 0.2) is 5.13 Å². The Morgan fingerprint density at radius 3 is 2.70 bits per heavy atom. The van der Waals surface area contributed by atoms with Gasteiger partial charge in [0.2, 0.25) is 0 Å². The molecule has 4 nitrogen and oxygen atoms in total. The molecule has 0 aliphatic carbocycles. The summed E-state index contributed by atoms with van der Waals surface area (Å²) in [4.78, 5) is 17.7. The molecule has 0 spiro atoms. The SMILES string of the molecule is CCCCOc1ccc(C(=O)Nc2ncc(Cc3ccccc3Cl)s2)cc1. The molecule has 0 aliphatic heterocycles. The van der Waals surface area contributed by atoms with Crippen molar-refractivity contribution in [3.05, 3.63) is 75.8 Å². The number of rotatable bonds is 8. The average Bonchev–Trinajstić information content (AvgIpc) is 3.11. The maximum Gasteiger partial charge on any atom is 0.257 e. The van der Waals surface area contributed by atoms with Gasteiger partial charge in [0.1, 0.15) is 5.75 Å². The Morgan fingerprint density at radius 1 is 1.19 bits per heavy atom. The normalized spacial score (nSPS) is 10.6. The molecule has 0 unspecified atom stereocenters. The fraction of sp³-hybridized carbons (Fsp3) is 0.238. The van der Waals surface area contributed by atoms with E-state index in [1.54, 1.807) is 18.3 Å². The lowest BCUT2D eigenvalue weighted by Crippen LogP contribution is -2.11. The van der Waals surface area contributed by atoms with Crippen molar-refractivity contribution in [2.75, 3.05) is 11.9 Å². The molecule has 0 saturated carbocycles. The van der Waals surface area contributed by atoms with Crippen LogP contribution in [0.15, 0.2) is 54.7 Å². The van der Waals surface area contributed by atoms with Crippen molar-refractivity contribution >= 4 is 34.0 Å². The summed E-state index contributed by atoms with van der Waals surface area (Å²) >= 11 is 7.65. The molecule has 0 fully saturated rings. The van der Waals surface area contributed by atoms with E-state index in [1.807, 2.05) is 36.4 Å². The second-order valence-corrected chi connectivity index (χ2v) is 7.60. The Balaban J connectivity index is 1.58. The van der Waals surface area contributed by atoms with E-state index in [-0.39, 0.29) is 5.91 Å². The molecular formula is C21H21ClN2O2S. The molecule has 1 amide bonds. The van der Waals surface area contributed by atoms with Gasteiger partial charge in [-0.3, -0.25) is 10.1 Å². The van der Waals surface area contributed by atoms with Gasteiger partial charge in [-0.2, -0.15) is 0 Å². The number of carbonyl (C=O) groups is 1. The van der Waals surface area contributed by atoms with Crippen LogP contribution in [0.3, 0.4) is 0 Å². The van der Waals surface area contributed by atoms with E-state index in [1.165, 1.54) is 11.3 Å². The topological polar surface area (TPSA) is 51.2 Å². The number of hydrogen-bond acceptors (Lipinski definition) is 4. The highest BCUT2D eigenvalue weighted by atomic mass is 35.5. The Kier molecular flexibility index (Phi) is 6.85. The van der Waals surface area contributed by atoms with Crippen LogP contribution >= 0.6 is 22.9 Å². The molecule has 0 aliphatic rings. The van der Waals surface area contributed by atoms with Crippen molar-refractivity contribution in [2.45, 2.75) is 26.2 Å². The summed E-state index contributed by atoms with van der Waals surface area (Å²) in [6, 6.07) is 14.9. The van der Waals surface area contributed by atoms with Crippen LogP contribution in [-0.4, -0.2) is 17.5 Å². The van der Waals surface area contributed by atoms with Gasteiger partial charge in [0, 0.05) is 28.1 Å². The Hall–Kier alpha value is -2.37. The number of anilines is 1. The minimum absolute atomic E-state index is 0.186. The quantitative estimate of drug-likeness (QED) is 0.485. The van der Waals surface area contributed by atoms with Crippen LogP contribution < -0.4 is 10.1 Å². The zero-order chi connectivity index (χ0) is 19.1. The highest BCUT2D eigenvalue weighted by molar-refractivity contribution is 7.15. The number of thiazole rings is 1. The predicted octanol–water partition coefficient (Wildman–Crippen LogP) is 5.82. The van der Waals surface area contributed by atoms with Crippen LogP contribution in [0.1, 0.15) is 40.6 Å². The van der Waals surface area contributed by atoms with Gasteiger partial charge in [0.05, 0.1) is 6.61 Å². The van der Waals surface area contributed by atoms with E-state index >= 15 is 0 Å². The molecule has 1 heterocycles. The molecule has 0 radical (unpaired) electrons. The first-order chi connectivity index (χ1) is 13.2. The lowest BCUT2D eigenvalue weighted by atomic mass is 10.1. The van der Waals surface area contributed by atoms with Gasteiger partial charge in [-0.25, -0.2) is 4.98 Å². The Morgan fingerprint density at radius 2 is 1.96 bits per heavy atom. The molecule has 0 saturated heterocycles. The number of carbonyl (C=O) groups excluding carboxylic acids is 1. The van der Waals surface area contributed by atoms with Gasteiger partial charge in [-0.15, -0.1) is 11.3 Å². The van der Waals surface area contributed by atoms with E-state index in [0.29, 0.717) is 23.7 Å². The maximum atomic E-state index is 12.4. The van der Waals surface area contributed by atoms with Crippen LogP contribution in [0.2, 0.25) is 5.02 Å². The third kappa shape index (κ3) is 5.55. The van der Waals surface area contributed by atoms with Crippen LogP contribution in [-0.2, 0) is 6.42 Å². The fourth-order valence-corrected chi connectivity index (χ4v) is 3.52. The minimum Gasteiger partial charge on any atom is -0.494 e. The third-order valence-corrected chi connectivity index (χ3v) is 5.26. The number of unbranched alkanes of at least 4 members (excludes halogenated alkanes) is 1. The fourth-order valence-electron chi connectivity index (χ4n) is 2.48. The van der Waals surface area contributed by atoms with Gasteiger partial charge >= 0.3 is 0 Å². The smallest absolute Gasteiger partial charge is 0.257 e. The minimum atomic E-state index is -0.186. The standard InChI is InChI=1S/C21H21ClN2O2S/c1-2-3-12-26-17-10-8-15(9-11-17)20(25)24-21-23-14-18(27-21)13-16-6-4-5-7-19(16)22/h4-11,14H,2-3,12-13H2,1H3,(H,23,24,25). The first-order valence-corrected chi connectivity index (χ1v) is 10.1. The van der Waals surface area contributed by atoms with Crippen LogP contribution in [0.4, 0.5) is 5.13 Å². The molecule has 0 atom stereocenters. The second-order valence-electron chi connectivity index (χ2n) is 6.08. The number of halogens is 1. The van der Waals surface area contributed by atoms with Crippen molar-refractivity contribution in [3.8, 4) is 5.75 Å². The van der Waals surface area contributed by atoms with Crippen molar-refractivity contribution in [1.82, 2.24) is 4.98 Å². The van der Waals surface area contributed by atoms with E-state index in [0.717, 1.165) is 34.1 Å². The second kappa shape index (κ2) is 9.53. The van der Waals surface area contributed by atoms with Gasteiger partial charge in [0.25, 0.3) is 5.91 Å². The summed E-state index contributed by atoms with van der Waals surface area (Å²) in [6.45, 7) is 2.81. The number of nitrogens with one attached hydrogen (secondary N) is 1. The highest BCUT2D eigenvalue weighted by Gasteiger charge is 2.10. The zero-order valence-corrected chi connectivity index (χ0v) is 16.6.